The first kappa shape index (κ1) is 13.6. The summed E-state index contributed by atoms with van der Waals surface area (Å²) in [5.74, 6) is 5.92. The van der Waals surface area contributed by atoms with Crippen molar-refractivity contribution in [2.75, 3.05) is 19.6 Å². The fourth-order valence-electron chi connectivity index (χ4n) is 1.33. The second kappa shape index (κ2) is 6.31. The molecule has 0 saturated heterocycles. The Morgan fingerprint density at radius 1 is 1.59 bits per heavy atom. The molecule has 0 radical (unpaired) electrons. The number of hydrogen-bond acceptors (Lipinski definition) is 3. The molecule has 0 fully saturated rings. The van der Waals surface area contributed by atoms with Gasteiger partial charge in [-0.25, -0.2) is 4.79 Å². The largest absolute Gasteiger partial charge is 0.444 e. The summed E-state index contributed by atoms with van der Waals surface area (Å²) < 4.78 is 5.08. The van der Waals surface area contributed by atoms with Gasteiger partial charge in [-0.3, -0.25) is 0 Å². The Labute approximate surface area is 103 Å². The van der Waals surface area contributed by atoms with E-state index in [-0.39, 0.29) is 0 Å². The van der Waals surface area contributed by atoms with Crippen molar-refractivity contribution >= 4 is 6.09 Å². The molecule has 0 aromatic heterocycles. The predicted molar refractivity (Wildman–Crippen MR) is 67.6 cm³/mol. The Hall–Kier alpha value is -1.47. The molecular formula is C13H20N2O2. The number of nitrogens with one attached hydrogen (secondary N) is 2. The lowest BCUT2D eigenvalue weighted by molar-refractivity contribution is 0.0535. The molecule has 1 rings (SSSR count). The molecule has 0 unspecified atom stereocenters. The third kappa shape index (κ3) is 6.64. The average Bonchev–Trinajstić information content (AvgIpc) is 2.23. The van der Waals surface area contributed by atoms with Crippen molar-refractivity contribution < 1.29 is 9.53 Å². The Bertz CT molecular complexity index is 356. The first-order chi connectivity index (χ1) is 7.97. The van der Waals surface area contributed by atoms with Gasteiger partial charge in [-0.05, 0) is 33.7 Å². The van der Waals surface area contributed by atoms with Crippen LogP contribution in [0.1, 0.15) is 27.2 Å². The summed E-state index contributed by atoms with van der Waals surface area (Å²) in [5.41, 5.74) is 0.620. The van der Waals surface area contributed by atoms with E-state index in [0.29, 0.717) is 6.54 Å². The highest BCUT2D eigenvalue weighted by Crippen LogP contribution is 2.06. The molecule has 94 valence electrons. The Morgan fingerprint density at radius 2 is 2.35 bits per heavy atom. The van der Waals surface area contributed by atoms with Gasteiger partial charge in [-0.2, -0.15) is 0 Å². The van der Waals surface area contributed by atoms with E-state index in [1.807, 2.05) is 20.8 Å². The van der Waals surface area contributed by atoms with E-state index in [1.165, 1.54) is 0 Å². The summed E-state index contributed by atoms with van der Waals surface area (Å²) in [6.07, 6.45) is 2.71. The van der Waals surface area contributed by atoms with Gasteiger partial charge in [0.25, 0.3) is 0 Å². The predicted octanol–water partition coefficient (Wildman–Crippen LogP) is 1.43. The molecule has 17 heavy (non-hydrogen) atoms. The Balaban J connectivity index is 2.25. The van der Waals surface area contributed by atoms with Crippen LogP contribution in [0.25, 0.3) is 0 Å². The second-order valence-electron chi connectivity index (χ2n) is 4.85. The SMILES string of the molecule is CC(C)(C)OC(=O)NCC#CC1=CCCNC1. The molecule has 1 aliphatic heterocycles. The highest BCUT2D eigenvalue weighted by atomic mass is 16.6. The molecular weight excluding hydrogens is 216 g/mol. The summed E-state index contributed by atoms with van der Waals surface area (Å²) in [6, 6.07) is 0. The van der Waals surface area contributed by atoms with Crippen molar-refractivity contribution in [3.63, 3.8) is 0 Å². The third-order valence-corrected chi connectivity index (χ3v) is 2.00. The number of amides is 1. The minimum absolute atomic E-state index is 0.312. The maximum absolute atomic E-state index is 11.3. The topological polar surface area (TPSA) is 50.4 Å². The first-order valence-electron chi connectivity index (χ1n) is 5.83. The van der Waals surface area contributed by atoms with Crippen LogP contribution in [0.5, 0.6) is 0 Å². The monoisotopic (exact) mass is 236 g/mol. The lowest BCUT2D eigenvalue weighted by Crippen LogP contribution is -2.32. The van der Waals surface area contributed by atoms with Gasteiger partial charge in [-0.1, -0.05) is 17.9 Å². The van der Waals surface area contributed by atoms with Crippen LogP contribution in [-0.4, -0.2) is 31.3 Å². The molecule has 4 heteroatoms. The molecule has 2 N–H and O–H groups in total. The highest BCUT2D eigenvalue weighted by molar-refractivity contribution is 5.68. The van der Waals surface area contributed by atoms with E-state index in [2.05, 4.69) is 28.6 Å². The molecule has 4 nitrogen and oxygen atoms in total. The zero-order chi connectivity index (χ0) is 12.7. The fourth-order valence-corrected chi connectivity index (χ4v) is 1.33. The van der Waals surface area contributed by atoms with Crippen LogP contribution < -0.4 is 10.6 Å². The molecule has 1 aliphatic rings. The van der Waals surface area contributed by atoms with Gasteiger partial charge < -0.3 is 15.4 Å². The lowest BCUT2D eigenvalue weighted by atomic mass is 10.1. The summed E-state index contributed by atoms with van der Waals surface area (Å²) in [7, 11) is 0. The van der Waals surface area contributed by atoms with Gasteiger partial charge in [0, 0.05) is 12.1 Å². The Morgan fingerprint density at radius 3 is 2.94 bits per heavy atom. The molecule has 1 amide bonds. The van der Waals surface area contributed by atoms with E-state index in [9.17, 15) is 4.79 Å². The standard InChI is InChI=1S/C13H20N2O2/c1-13(2,3)17-12(16)15-9-5-7-11-6-4-8-14-10-11/h6,14H,4,8-10H2,1-3H3,(H,15,16). The van der Waals surface area contributed by atoms with Crippen molar-refractivity contribution in [1.82, 2.24) is 10.6 Å². The fraction of sp³-hybridized carbons (Fsp3) is 0.615. The zero-order valence-corrected chi connectivity index (χ0v) is 10.7. The minimum Gasteiger partial charge on any atom is -0.444 e. The molecule has 0 aromatic carbocycles. The quantitative estimate of drug-likeness (QED) is 0.677. The molecule has 0 atom stereocenters. The van der Waals surface area contributed by atoms with Gasteiger partial charge in [0.1, 0.15) is 5.60 Å². The molecule has 0 spiro atoms. The number of hydrogen-bond donors (Lipinski definition) is 2. The van der Waals surface area contributed by atoms with Crippen LogP contribution in [0.3, 0.4) is 0 Å². The smallest absolute Gasteiger partial charge is 0.408 e. The molecule has 0 aromatic rings. The Kier molecular flexibility index (Phi) is 5.05. The van der Waals surface area contributed by atoms with Crippen molar-refractivity contribution in [3.8, 4) is 11.8 Å². The van der Waals surface area contributed by atoms with Gasteiger partial charge in [-0.15, -0.1) is 0 Å². The number of rotatable bonds is 1. The van der Waals surface area contributed by atoms with Gasteiger partial charge >= 0.3 is 6.09 Å². The van der Waals surface area contributed by atoms with Gasteiger partial charge in [0.05, 0.1) is 6.54 Å². The highest BCUT2D eigenvalue weighted by Gasteiger charge is 2.14. The van der Waals surface area contributed by atoms with E-state index in [1.54, 1.807) is 0 Å². The van der Waals surface area contributed by atoms with Crippen LogP contribution in [0, 0.1) is 11.8 Å². The van der Waals surface area contributed by atoms with Crippen molar-refractivity contribution in [2.24, 2.45) is 0 Å². The minimum atomic E-state index is -0.465. The van der Waals surface area contributed by atoms with Gasteiger partial charge in [0.2, 0.25) is 0 Å². The van der Waals surface area contributed by atoms with Crippen molar-refractivity contribution in [3.05, 3.63) is 11.6 Å². The van der Waals surface area contributed by atoms with Crippen LogP contribution in [0.15, 0.2) is 11.6 Å². The third-order valence-electron chi connectivity index (χ3n) is 2.00. The maximum atomic E-state index is 11.3. The van der Waals surface area contributed by atoms with Crippen molar-refractivity contribution in [1.29, 1.82) is 0 Å². The average molecular weight is 236 g/mol. The summed E-state index contributed by atoms with van der Waals surface area (Å²) >= 11 is 0. The van der Waals surface area contributed by atoms with E-state index < -0.39 is 11.7 Å². The van der Waals surface area contributed by atoms with E-state index >= 15 is 0 Å². The molecule has 1 heterocycles. The maximum Gasteiger partial charge on any atom is 0.408 e. The van der Waals surface area contributed by atoms with E-state index in [0.717, 1.165) is 25.1 Å². The summed E-state index contributed by atoms with van der Waals surface area (Å²) in [6.45, 7) is 7.64. The van der Waals surface area contributed by atoms with Crippen molar-refractivity contribution in [2.45, 2.75) is 32.8 Å². The number of carbonyl (C=O) groups excluding carboxylic acids is 1. The van der Waals surface area contributed by atoms with Gasteiger partial charge in [0.15, 0.2) is 0 Å². The number of carbonyl (C=O) groups is 1. The molecule has 0 saturated carbocycles. The number of ether oxygens (including phenoxy) is 1. The molecule has 0 aliphatic carbocycles. The van der Waals surface area contributed by atoms with Crippen LogP contribution in [0.4, 0.5) is 4.79 Å². The summed E-state index contributed by atoms with van der Waals surface area (Å²) in [4.78, 5) is 11.3. The van der Waals surface area contributed by atoms with E-state index in [4.69, 9.17) is 4.74 Å². The lowest BCUT2D eigenvalue weighted by Gasteiger charge is -2.19. The second-order valence-corrected chi connectivity index (χ2v) is 4.85. The number of alkyl carbamates (subject to hydrolysis) is 1. The van der Waals surface area contributed by atoms with Crippen LogP contribution >= 0.6 is 0 Å². The normalized spacial score (nSPS) is 15.4. The first-order valence-corrected chi connectivity index (χ1v) is 5.83. The van der Waals surface area contributed by atoms with Crippen LogP contribution in [0.2, 0.25) is 0 Å². The summed E-state index contributed by atoms with van der Waals surface area (Å²) in [5, 5.41) is 5.83. The van der Waals surface area contributed by atoms with Crippen LogP contribution in [-0.2, 0) is 4.74 Å². The zero-order valence-electron chi connectivity index (χ0n) is 10.7. The molecule has 0 bridgehead atoms.